The molecule has 0 bridgehead atoms. The first-order chi connectivity index (χ1) is 12.2. The molecule has 4 aromatic rings. The zero-order valence-electron chi connectivity index (χ0n) is 14.2. The molecule has 26 heavy (non-hydrogen) atoms. The summed E-state index contributed by atoms with van der Waals surface area (Å²) >= 11 is 0. The molecule has 0 aliphatic heterocycles. The molecule has 4 rings (SSSR count). The van der Waals surface area contributed by atoms with E-state index in [1.807, 2.05) is 42.7 Å². The number of aromatic hydroxyl groups is 1. The molecule has 0 radical (unpaired) electrons. The number of benzene rings is 3. The molecule has 0 amide bonds. The first-order valence-corrected chi connectivity index (χ1v) is 7.63. The summed E-state index contributed by atoms with van der Waals surface area (Å²) in [4.78, 5) is 14.5. The maximum Gasteiger partial charge on any atom is 1.00 e. The maximum atomic E-state index is 10.2. The number of carboxylic acid groups (broad SMARTS) is 1. The Morgan fingerprint density at radius 1 is 0.885 bits per heavy atom. The maximum absolute atomic E-state index is 10.2. The van der Waals surface area contributed by atoms with E-state index in [-0.39, 0.29) is 40.9 Å². The Hall–Kier alpha value is -2.60. The number of aromatic carboxylic acids is 1. The quantitative estimate of drug-likeness (QED) is 0.505. The minimum Gasteiger partial charge on any atom is -0.545 e. The molecule has 0 saturated heterocycles. The van der Waals surface area contributed by atoms with E-state index >= 15 is 0 Å². The van der Waals surface area contributed by atoms with E-state index in [4.69, 9.17) is 5.11 Å². The van der Waals surface area contributed by atoms with Crippen molar-refractivity contribution >= 4 is 17.0 Å². The third-order valence-corrected chi connectivity index (χ3v) is 3.61. The van der Waals surface area contributed by atoms with Gasteiger partial charge in [-0.25, -0.2) is 4.98 Å². The van der Waals surface area contributed by atoms with Gasteiger partial charge in [-0.05, 0) is 36.4 Å². The van der Waals surface area contributed by atoms with Crippen LogP contribution in [0.3, 0.4) is 0 Å². The Labute approximate surface area is 172 Å². The summed E-state index contributed by atoms with van der Waals surface area (Å²) in [6.07, 6.45) is 1.86. The molecular formula is C20H15N2NaO3. The number of carbonyl (C=O) groups excluding carboxylic acids is 1. The molecule has 0 saturated carbocycles. The predicted octanol–water partition coefficient (Wildman–Crippen LogP) is -0.215. The van der Waals surface area contributed by atoms with Crippen molar-refractivity contribution in [2.75, 3.05) is 0 Å². The van der Waals surface area contributed by atoms with Crippen LogP contribution in [-0.2, 0) is 0 Å². The Morgan fingerprint density at radius 3 is 2.15 bits per heavy atom. The van der Waals surface area contributed by atoms with Crippen LogP contribution in [-0.4, -0.2) is 20.6 Å². The average Bonchev–Trinajstić information content (AvgIpc) is 3.07. The molecule has 0 aliphatic carbocycles. The Bertz CT molecular complexity index is 1000. The number of rotatable bonds is 2. The number of imidazole rings is 1. The number of fused-ring (bicyclic) bond motifs is 1. The number of para-hydroxylation sites is 4. The topological polar surface area (TPSA) is 78.2 Å². The fourth-order valence-corrected chi connectivity index (χ4v) is 2.40. The van der Waals surface area contributed by atoms with Gasteiger partial charge in [-0.1, -0.05) is 42.5 Å². The molecule has 0 fully saturated rings. The van der Waals surface area contributed by atoms with Gasteiger partial charge in [0.2, 0.25) is 0 Å². The summed E-state index contributed by atoms with van der Waals surface area (Å²) in [5.41, 5.74) is 3.14. The number of carboxylic acids is 1. The van der Waals surface area contributed by atoms with Gasteiger partial charge in [0.1, 0.15) is 12.1 Å². The van der Waals surface area contributed by atoms with Crippen LogP contribution < -0.4 is 34.7 Å². The van der Waals surface area contributed by atoms with Gasteiger partial charge in [-0.2, -0.15) is 0 Å². The van der Waals surface area contributed by atoms with Crippen LogP contribution in [0.5, 0.6) is 5.75 Å². The zero-order chi connectivity index (χ0) is 17.6. The number of hydrogen-bond acceptors (Lipinski definition) is 4. The number of carbonyl (C=O) groups is 1. The fraction of sp³-hybridized carbons (Fsp3) is 0. The normalized spacial score (nSPS) is 9.69. The molecule has 1 aromatic heterocycles. The van der Waals surface area contributed by atoms with Gasteiger partial charge in [0.05, 0.1) is 17.0 Å². The molecule has 5 nitrogen and oxygen atoms in total. The van der Waals surface area contributed by atoms with Crippen molar-refractivity contribution in [1.29, 1.82) is 0 Å². The van der Waals surface area contributed by atoms with Crippen molar-refractivity contribution in [3.05, 3.63) is 90.8 Å². The van der Waals surface area contributed by atoms with Crippen LogP contribution in [0.1, 0.15) is 10.4 Å². The summed E-state index contributed by atoms with van der Waals surface area (Å²) in [7, 11) is 0. The van der Waals surface area contributed by atoms with E-state index < -0.39 is 5.97 Å². The average molecular weight is 354 g/mol. The first-order valence-electron chi connectivity index (χ1n) is 7.63. The van der Waals surface area contributed by atoms with Gasteiger partial charge in [0, 0.05) is 11.3 Å². The molecule has 1 N–H and O–H groups in total. The van der Waals surface area contributed by atoms with Crippen LogP contribution in [0, 0.1) is 0 Å². The molecule has 0 atom stereocenters. The van der Waals surface area contributed by atoms with Crippen LogP contribution in [0.15, 0.2) is 85.2 Å². The summed E-state index contributed by atoms with van der Waals surface area (Å²) in [5, 5.41) is 19.0. The van der Waals surface area contributed by atoms with Gasteiger partial charge in [-0.15, -0.1) is 0 Å². The summed E-state index contributed by atoms with van der Waals surface area (Å²) in [6.45, 7) is 0. The van der Waals surface area contributed by atoms with Gasteiger partial charge < -0.3 is 15.0 Å². The second kappa shape index (κ2) is 9.20. The largest absolute Gasteiger partial charge is 1.00 e. The second-order valence-electron chi connectivity index (χ2n) is 5.24. The van der Waals surface area contributed by atoms with Crippen molar-refractivity contribution in [2.24, 2.45) is 0 Å². The van der Waals surface area contributed by atoms with Crippen molar-refractivity contribution < 1.29 is 44.6 Å². The van der Waals surface area contributed by atoms with E-state index in [0.29, 0.717) is 0 Å². The number of aromatic nitrogens is 2. The molecule has 0 aliphatic rings. The van der Waals surface area contributed by atoms with E-state index in [0.717, 1.165) is 16.7 Å². The smallest absolute Gasteiger partial charge is 0.545 e. The number of nitrogens with zero attached hydrogens (tertiary/aromatic N) is 2. The van der Waals surface area contributed by atoms with Crippen molar-refractivity contribution in [3.8, 4) is 11.4 Å². The van der Waals surface area contributed by atoms with Crippen LogP contribution in [0.25, 0.3) is 16.7 Å². The van der Waals surface area contributed by atoms with Gasteiger partial charge >= 0.3 is 29.6 Å². The van der Waals surface area contributed by atoms with Crippen LogP contribution in [0.4, 0.5) is 0 Å². The Kier molecular flexibility index (Phi) is 6.97. The van der Waals surface area contributed by atoms with Gasteiger partial charge in [0.25, 0.3) is 0 Å². The third-order valence-electron chi connectivity index (χ3n) is 3.61. The van der Waals surface area contributed by atoms with E-state index in [9.17, 15) is 9.90 Å². The zero-order valence-corrected chi connectivity index (χ0v) is 16.2. The summed E-state index contributed by atoms with van der Waals surface area (Å²) in [6, 6.07) is 24.0. The van der Waals surface area contributed by atoms with Crippen LogP contribution in [0.2, 0.25) is 0 Å². The van der Waals surface area contributed by atoms with E-state index in [1.54, 1.807) is 6.07 Å². The molecule has 3 aromatic carbocycles. The molecule has 124 valence electrons. The Balaban J connectivity index is 0.000000195. The van der Waals surface area contributed by atoms with Crippen molar-refractivity contribution in [2.45, 2.75) is 0 Å². The van der Waals surface area contributed by atoms with Crippen molar-refractivity contribution in [3.63, 3.8) is 0 Å². The van der Waals surface area contributed by atoms with Gasteiger partial charge in [0.15, 0.2) is 0 Å². The van der Waals surface area contributed by atoms with Crippen molar-refractivity contribution in [1.82, 2.24) is 9.55 Å². The molecule has 1 heterocycles. The van der Waals surface area contributed by atoms with Crippen LogP contribution >= 0.6 is 0 Å². The minimum atomic E-state index is -1.36. The summed E-state index contributed by atoms with van der Waals surface area (Å²) in [5.74, 6) is -1.62. The first kappa shape index (κ1) is 19.7. The summed E-state index contributed by atoms with van der Waals surface area (Å²) < 4.78 is 2.09. The fourth-order valence-electron chi connectivity index (χ4n) is 2.40. The van der Waals surface area contributed by atoms with E-state index in [2.05, 4.69) is 27.8 Å². The monoisotopic (exact) mass is 354 g/mol. The predicted molar refractivity (Wildman–Crippen MR) is 93.5 cm³/mol. The van der Waals surface area contributed by atoms with Gasteiger partial charge in [-0.3, -0.25) is 4.57 Å². The standard InChI is InChI=1S/C13H10N2.C7H6O3.Na/c1-2-6-11(7-3-1)15-10-14-12-8-4-5-9-13(12)15;8-6-4-2-1-3-5(6)7(9)10;/h1-10H;1-4,8H,(H,9,10);/q;;+1/p-1. The molecular weight excluding hydrogens is 339 g/mol. The minimum absolute atomic E-state index is 0. The Morgan fingerprint density at radius 2 is 1.50 bits per heavy atom. The SMILES string of the molecule is O=C([O-])c1ccccc1O.[Na+].c1ccc(-n2cnc3ccccc32)cc1. The third kappa shape index (κ3) is 4.52. The number of phenols is 1. The van der Waals surface area contributed by atoms with E-state index in [1.165, 1.54) is 18.2 Å². The molecule has 6 heteroatoms. The molecule has 0 spiro atoms. The second-order valence-corrected chi connectivity index (χ2v) is 5.24. The number of hydrogen-bond donors (Lipinski definition) is 1. The molecule has 0 unspecified atom stereocenters.